The zero-order valence-electron chi connectivity index (χ0n) is 11.5. The van der Waals surface area contributed by atoms with Gasteiger partial charge >= 0.3 is 0 Å². The van der Waals surface area contributed by atoms with Gasteiger partial charge in [0, 0.05) is 17.5 Å². The minimum Gasteiger partial charge on any atom is -0.379 e. The molecular formula is C14H15ClFN3O2. The lowest BCUT2D eigenvalue weighted by Crippen LogP contribution is -2.31. The highest BCUT2D eigenvalue weighted by molar-refractivity contribution is 6.31. The average Bonchev–Trinajstić information content (AvgIpc) is 3.10. The molecule has 5 nitrogen and oxygen atoms in total. The summed E-state index contributed by atoms with van der Waals surface area (Å²) < 4.78 is 23.8. The standard InChI is InChI=1S/C14H15ClFN3O2/c1-17-12-7-20-6-10(12)14-18-13(19-21-14)4-8-2-3-9(16)5-11(8)15/h2-3,5,10,12,17H,4,6-7H2,1H3. The SMILES string of the molecule is CNC1COCC1c1nc(Cc2ccc(F)cc2Cl)no1. The molecular weight excluding hydrogens is 297 g/mol. The number of likely N-dealkylation sites (N-methyl/N-ethyl adjacent to an activating group) is 1. The van der Waals surface area contributed by atoms with Crippen LogP contribution in [0.25, 0.3) is 0 Å². The lowest BCUT2D eigenvalue weighted by molar-refractivity contribution is 0.185. The average molecular weight is 312 g/mol. The molecule has 3 rings (SSSR count). The van der Waals surface area contributed by atoms with E-state index in [1.165, 1.54) is 12.1 Å². The number of benzene rings is 1. The molecule has 1 fully saturated rings. The molecule has 1 N–H and O–H groups in total. The van der Waals surface area contributed by atoms with E-state index in [1.807, 2.05) is 7.05 Å². The molecule has 0 spiro atoms. The van der Waals surface area contributed by atoms with Crippen LogP contribution in [0.5, 0.6) is 0 Å². The van der Waals surface area contributed by atoms with E-state index in [9.17, 15) is 4.39 Å². The summed E-state index contributed by atoms with van der Waals surface area (Å²) in [5.41, 5.74) is 0.762. The highest BCUT2D eigenvalue weighted by atomic mass is 35.5. The van der Waals surface area contributed by atoms with Gasteiger partial charge in [-0.25, -0.2) is 4.39 Å². The summed E-state index contributed by atoms with van der Waals surface area (Å²) in [5, 5.41) is 7.50. The molecule has 2 atom stereocenters. The van der Waals surface area contributed by atoms with Crippen LogP contribution in [0.3, 0.4) is 0 Å². The molecule has 0 radical (unpaired) electrons. The Morgan fingerprint density at radius 1 is 1.43 bits per heavy atom. The summed E-state index contributed by atoms with van der Waals surface area (Å²) in [6.45, 7) is 1.19. The van der Waals surface area contributed by atoms with Crippen LogP contribution in [0.2, 0.25) is 5.02 Å². The molecule has 21 heavy (non-hydrogen) atoms. The van der Waals surface area contributed by atoms with Crippen LogP contribution in [0.4, 0.5) is 4.39 Å². The third kappa shape index (κ3) is 3.07. The number of halogens is 2. The van der Waals surface area contributed by atoms with E-state index in [0.717, 1.165) is 5.56 Å². The number of hydrogen-bond donors (Lipinski definition) is 1. The van der Waals surface area contributed by atoms with Gasteiger partial charge in [-0.2, -0.15) is 4.98 Å². The zero-order chi connectivity index (χ0) is 14.8. The molecule has 1 aromatic heterocycles. The van der Waals surface area contributed by atoms with Crippen molar-refractivity contribution in [2.75, 3.05) is 20.3 Å². The number of aromatic nitrogens is 2. The Balaban J connectivity index is 1.76. The van der Waals surface area contributed by atoms with Crippen LogP contribution in [0.1, 0.15) is 23.2 Å². The van der Waals surface area contributed by atoms with E-state index in [2.05, 4.69) is 15.5 Å². The van der Waals surface area contributed by atoms with Gasteiger partial charge in [0.15, 0.2) is 5.82 Å². The van der Waals surface area contributed by atoms with Gasteiger partial charge in [0.25, 0.3) is 0 Å². The number of nitrogens with zero attached hydrogens (tertiary/aromatic N) is 2. The van der Waals surface area contributed by atoms with Gasteiger partial charge in [-0.15, -0.1) is 0 Å². The Kier molecular flexibility index (Phi) is 4.19. The highest BCUT2D eigenvalue weighted by Crippen LogP contribution is 2.25. The van der Waals surface area contributed by atoms with Gasteiger partial charge in [0.1, 0.15) is 5.82 Å². The van der Waals surface area contributed by atoms with Gasteiger partial charge < -0.3 is 14.6 Å². The first-order valence-electron chi connectivity index (χ1n) is 6.69. The lowest BCUT2D eigenvalue weighted by atomic mass is 10.0. The maximum Gasteiger partial charge on any atom is 0.233 e. The van der Waals surface area contributed by atoms with E-state index >= 15 is 0 Å². The summed E-state index contributed by atoms with van der Waals surface area (Å²) in [6.07, 6.45) is 0.403. The maximum atomic E-state index is 13.0. The van der Waals surface area contributed by atoms with E-state index in [0.29, 0.717) is 36.4 Å². The van der Waals surface area contributed by atoms with Crippen LogP contribution in [0.15, 0.2) is 22.7 Å². The number of nitrogens with one attached hydrogen (secondary N) is 1. The monoisotopic (exact) mass is 311 g/mol. The van der Waals surface area contributed by atoms with E-state index in [-0.39, 0.29) is 17.8 Å². The Bertz CT molecular complexity index is 634. The van der Waals surface area contributed by atoms with Gasteiger partial charge in [0.05, 0.1) is 19.1 Å². The minimum absolute atomic E-state index is 0.0555. The second kappa shape index (κ2) is 6.09. The number of hydrogen-bond acceptors (Lipinski definition) is 5. The lowest BCUT2D eigenvalue weighted by Gasteiger charge is -2.11. The van der Waals surface area contributed by atoms with E-state index in [1.54, 1.807) is 6.07 Å². The fraction of sp³-hybridized carbons (Fsp3) is 0.429. The highest BCUT2D eigenvalue weighted by Gasteiger charge is 2.32. The largest absolute Gasteiger partial charge is 0.379 e. The van der Waals surface area contributed by atoms with Gasteiger partial charge in [0.2, 0.25) is 5.89 Å². The molecule has 1 saturated heterocycles. The number of ether oxygens (including phenoxy) is 1. The van der Waals surface area contributed by atoms with Crippen LogP contribution < -0.4 is 5.32 Å². The fourth-order valence-electron chi connectivity index (χ4n) is 2.41. The predicted molar refractivity (Wildman–Crippen MR) is 74.9 cm³/mol. The summed E-state index contributed by atoms with van der Waals surface area (Å²) in [5.74, 6) is 0.776. The van der Waals surface area contributed by atoms with Gasteiger partial charge in [-0.3, -0.25) is 0 Å². The van der Waals surface area contributed by atoms with E-state index in [4.69, 9.17) is 20.9 Å². The summed E-state index contributed by atoms with van der Waals surface area (Å²) in [7, 11) is 1.88. The second-order valence-electron chi connectivity index (χ2n) is 5.00. The molecule has 7 heteroatoms. The predicted octanol–water partition coefficient (Wildman–Crippen LogP) is 2.15. The van der Waals surface area contributed by atoms with Crippen LogP contribution >= 0.6 is 11.6 Å². The normalized spacial score (nSPS) is 21.9. The van der Waals surface area contributed by atoms with Crippen LogP contribution in [-0.2, 0) is 11.2 Å². The minimum atomic E-state index is -0.363. The van der Waals surface area contributed by atoms with Crippen molar-refractivity contribution in [3.05, 3.63) is 46.3 Å². The molecule has 2 heterocycles. The third-order valence-electron chi connectivity index (χ3n) is 3.62. The van der Waals surface area contributed by atoms with Crippen LogP contribution in [-0.4, -0.2) is 36.4 Å². The molecule has 0 amide bonds. The fourth-order valence-corrected chi connectivity index (χ4v) is 2.64. The maximum absolute atomic E-state index is 13.0. The first kappa shape index (κ1) is 14.4. The molecule has 1 aromatic carbocycles. The van der Waals surface area contributed by atoms with Crippen molar-refractivity contribution in [2.45, 2.75) is 18.4 Å². The molecule has 1 aliphatic rings. The van der Waals surface area contributed by atoms with Crippen LogP contribution in [0, 0.1) is 5.82 Å². The van der Waals surface area contributed by atoms with Crippen molar-refractivity contribution in [3.8, 4) is 0 Å². The smallest absolute Gasteiger partial charge is 0.233 e. The van der Waals surface area contributed by atoms with Crippen molar-refractivity contribution < 1.29 is 13.7 Å². The molecule has 0 saturated carbocycles. The van der Waals surface area contributed by atoms with Crippen molar-refractivity contribution >= 4 is 11.6 Å². The topological polar surface area (TPSA) is 60.2 Å². The Morgan fingerprint density at radius 3 is 3.05 bits per heavy atom. The summed E-state index contributed by atoms with van der Waals surface area (Å²) in [6, 6.07) is 4.44. The summed E-state index contributed by atoms with van der Waals surface area (Å²) in [4.78, 5) is 4.40. The van der Waals surface area contributed by atoms with E-state index < -0.39 is 0 Å². The van der Waals surface area contributed by atoms with Crippen molar-refractivity contribution in [1.82, 2.24) is 15.5 Å². The molecule has 2 unspecified atom stereocenters. The molecule has 0 bridgehead atoms. The second-order valence-corrected chi connectivity index (χ2v) is 5.41. The third-order valence-corrected chi connectivity index (χ3v) is 3.97. The first-order valence-corrected chi connectivity index (χ1v) is 7.06. The Hall–Kier alpha value is -1.50. The van der Waals surface area contributed by atoms with Gasteiger partial charge in [-0.1, -0.05) is 22.8 Å². The molecule has 2 aromatic rings. The first-order chi connectivity index (χ1) is 10.2. The zero-order valence-corrected chi connectivity index (χ0v) is 12.2. The molecule has 0 aliphatic carbocycles. The van der Waals surface area contributed by atoms with Gasteiger partial charge in [-0.05, 0) is 24.7 Å². The molecule has 1 aliphatic heterocycles. The van der Waals surface area contributed by atoms with Crippen molar-refractivity contribution in [2.24, 2.45) is 0 Å². The van der Waals surface area contributed by atoms with Crippen molar-refractivity contribution in [3.63, 3.8) is 0 Å². The Labute approximate surface area is 126 Å². The summed E-state index contributed by atoms with van der Waals surface area (Å²) >= 11 is 6.00. The quantitative estimate of drug-likeness (QED) is 0.937. The number of rotatable bonds is 4. The molecule has 112 valence electrons. The van der Waals surface area contributed by atoms with Crippen molar-refractivity contribution in [1.29, 1.82) is 0 Å². The Morgan fingerprint density at radius 2 is 2.29 bits per heavy atom.